The maximum Gasteiger partial charge on any atom is 0.228 e. The number of carbonyl (C=O) groups excluding carboxylic acids is 1. The molecule has 116 valence electrons. The number of hydrogen-bond acceptors (Lipinski definition) is 4. The Kier molecular flexibility index (Phi) is 5.16. The Morgan fingerprint density at radius 1 is 1.14 bits per heavy atom. The summed E-state index contributed by atoms with van der Waals surface area (Å²) in [6.45, 7) is 1.82. The zero-order valence-corrected chi connectivity index (χ0v) is 13.5. The van der Waals surface area contributed by atoms with E-state index in [1.807, 2.05) is 34.7 Å². The van der Waals surface area contributed by atoms with Crippen LogP contribution in [-0.4, -0.2) is 33.9 Å². The van der Waals surface area contributed by atoms with E-state index in [9.17, 15) is 4.79 Å². The lowest BCUT2D eigenvalue weighted by Crippen LogP contribution is -2.36. The van der Waals surface area contributed by atoms with Crippen LogP contribution in [0, 0.1) is 0 Å². The van der Waals surface area contributed by atoms with Gasteiger partial charge in [0.2, 0.25) is 5.91 Å². The second kappa shape index (κ2) is 7.49. The van der Waals surface area contributed by atoms with Crippen LogP contribution in [0.2, 0.25) is 0 Å². The van der Waals surface area contributed by atoms with Gasteiger partial charge in [-0.15, -0.1) is 11.3 Å². The summed E-state index contributed by atoms with van der Waals surface area (Å²) < 4.78 is 0. The number of aromatic nitrogens is 2. The highest BCUT2D eigenvalue weighted by Gasteiger charge is 2.17. The van der Waals surface area contributed by atoms with Crippen LogP contribution < -0.4 is 0 Å². The van der Waals surface area contributed by atoms with Crippen molar-refractivity contribution in [3.05, 3.63) is 46.2 Å². The number of thiazole rings is 1. The van der Waals surface area contributed by atoms with Crippen LogP contribution in [0.15, 0.2) is 29.8 Å². The molecule has 0 unspecified atom stereocenters. The fourth-order valence-corrected chi connectivity index (χ4v) is 3.53. The maximum absolute atomic E-state index is 12.2. The number of nitrogens with zero attached hydrogens (tertiary/aromatic N) is 3. The molecule has 0 N–H and O–H groups in total. The van der Waals surface area contributed by atoms with Gasteiger partial charge in [-0.05, 0) is 37.8 Å². The number of amides is 1. The lowest BCUT2D eigenvalue weighted by molar-refractivity contribution is -0.131. The SMILES string of the molecule is O=C(Cc1csc(CCc2ccccn2)n1)N1CCCCC1. The summed E-state index contributed by atoms with van der Waals surface area (Å²) in [5.41, 5.74) is 2.00. The molecule has 3 rings (SSSR count). The van der Waals surface area contributed by atoms with E-state index in [0.717, 1.165) is 55.2 Å². The minimum Gasteiger partial charge on any atom is -0.342 e. The first-order chi connectivity index (χ1) is 10.8. The van der Waals surface area contributed by atoms with Gasteiger partial charge in [-0.2, -0.15) is 0 Å². The Morgan fingerprint density at radius 2 is 2.00 bits per heavy atom. The van der Waals surface area contributed by atoms with E-state index in [1.165, 1.54) is 6.42 Å². The number of hydrogen-bond donors (Lipinski definition) is 0. The number of pyridine rings is 1. The van der Waals surface area contributed by atoms with E-state index in [1.54, 1.807) is 11.3 Å². The summed E-state index contributed by atoms with van der Waals surface area (Å²) in [6.07, 6.45) is 7.57. The van der Waals surface area contributed by atoms with Gasteiger partial charge in [-0.1, -0.05) is 6.07 Å². The quantitative estimate of drug-likeness (QED) is 0.852. The standard InChI is InChI=1S/C17H21N3OS/c21-17(20-10-4-1-5-11-20)12-15-13-22-16(19-15)8-7-14-6-2-3-9-18-14/h2-3,6,9,13H,1,4-5,7-8,10-12H2. The van der Waals surface area contributed by atoms with Gasteiger partial charge in [0.1, 0.15) is 0 Å². The molecule has 1 aliphatic rings. The van der Waals surface area contributed by atoms with Crippen molar-refractivity contribution in [3.8, 4) is 0 Å². The average molecular weight is 315 g/mol. The molecule has 0 aromatic carbocycles. The van der Waals surface area contributed by atoms with Crippen molar-refractivity contribution in [2.45, 2.75) is 38.5 Å². The van der Waals surface area contributed by atoms with Gasteiger partial charge in [-0.25, -0.2) is 4.98 Å². The van der Waals surface area contributed by atoms with Crippen LogP contribution in [-0.2, 0) is 24.1 Å². The van der Waals surface area contributed by atoms with Crippen LogP contribution in [0.25, 0.3) is 0 Å². The molecule has 0 aliphatic carbocycles. The van der Waals surface area contributed by atoms with Crippen molar-refractivity contribution in [1.29, 1.82) is 0 Å². The Balaban J connectivity index is 1.51. The monoisotopic (exact) mass is 315 g/mol. The molecule has 0 bridgehead atoms. The van der Waals surface area contributed by atoms with Crippen molar-refractivity contribution in [2.75, 3.05) is 13.1 Å². The number of carbonyl (C=O) groups is 1. The van der Waals surface area contributed by atoms with E-state index in [0.29, 0.717) is 6.42 Å². The lowest BCUT2D eigenvalue weighted by Gasteiger charge is -2.26. The van der Waals surface area contributed by atoms with Gasteiger partial charge in [0, 0.05) is 36.8 Å². The highest BCUT2D eigenvalue weighted by atomic mass is 32.1. The second-order valence-corrected chi connectivity index (χ2v) is 6.61. The van der Waals surface area contributed by atoms with Gasteiger partial charge in [0.25, 0.3) is 0 Å². The fraction of sp³-hybridized carbons (Fsp3) is 0.471. The molecule has 0 spiro atoms. The summed E-state index contributed by atoms with van der Waals surface area (Å²) in [5.74, 6) is 0.223. The molecule has 0 radical (unpaired) electrons. The number of piperidine rings is 1. The summed E-state index contributed by atoms with van der Waals surface area (Å²) in [6, 6.07) is 5.97. The topological polar surface area (TPSA) is 46.1 Å². The van der Waals surface area contributed by atoms with Crippen LogP contribution >= 0.6 is 11.3 Å². The van der Waals surface area contributed by atoms with E-state index >= 15 is 0 Å². The molecular formula is C17H21N3OS. The molecule has 5 heteroatoms. The van der Waals surface area contributed by atoms with Crippen LogP contribution in [0.1, 0.15) is 35.7 Å². The molecule has 1 amide bonds. The van der Waals surface area contributed by atoms with Crippen molar-refractivity contribution >= 4 is 17.2 Å². The maximum atomic E-state index is 12.2. The van der Waals surface area contributed by atoms with E-state index < -0.39 is 0 Å². The van der Waals surface area contributed by atoms with Crippen LogP contribution in [0.4, 0.5) is 0 Å². The Bertz CT molecular complexity index is 605. The first-order valence-corrected chi connectivity index (χ1v) is 8.80. The zero-order chi connectivity index (χ0) is 15.2. The van der Waals surface area contributed by atoms with Crippen molar-refractivity contribution in [1.82, 2.24) is 14.9 Å². The Morgan fingerprint density at radius 3 is 2.77 bits per heavy atom. The molecular weight excluding hydrogens is 294 g/mol. The minimum absolute atomic E-state index is 0.223. The highest BCUT2D eigenvalue weighted by molar-refractivity contribution is 7.09. The van der Waals surface area contributed by atoms with Gasteiger partial charge in [-0.3, -0.25) is 9.78 Å². The van der Waals surface area contributed by atoms with E-state index in [-0.39, 0.29) is 5.91 Å². The molecule has 1 aliphatic heterocycles. The molecule has 4 nitrogen and oxygen atoms in total. The molecule has 1 saturated heterocycles. The lowest BCUT2D eigenvalue weighted by atomic mass is 10.1. The average Bonchev–Trinajstić information content (AvgIpc) is 3.02. The van der Waals surface area contributed by atoms with Crippen LogP contribution in [0.5, 0.6) is 0 Å². The normalized spacial score (nSPS) is 15.0. The first kappa shape index (κ1) is 15.2. The third kappa shape index (κ3) is 4.13. The third-order valence-corrected chi connectivity index (χ3v) is 4.92. The molecule has 2 aromatic heterocycles. The predicted molar refractivity (Wildman–Crippen MR) is 87.9 cm³/mol. The van der Waals surface area contributed by atoms with Crippen LogP contribution in [0.3, 0.4) is 0 Å². The Labute approximate surface area is 135 Å². The predicted octanol–water partition coefficient (Wildman–Crippen LogP) is 2.88. The highest BCUT2D eigenvalue weighted by Crippen LogP contribution is 2.15. The molecule has 1 fully saturated rings. The van der Waals surface area contributed by atoms with Crippen molar-refractivity contribution in [2.24, 2.45) is 0 Å². The summed E-state index contributed by atoms with van der Waals surface area (Å²) in [5, 5.41) is 3.11. The Hall–Kier alpha value is -1.75. The molecule has 0 saturated carbocycles. The molecule has 0 atom stereocenters. The summed E-state index contributed by atoms with van der Waals surface area (Å²) in [7, 11) is 0. The number of likely N-dealkylation sites (tertiary alicyclic amines) is 1. The van der Waals surface area contributed by atoms with Gasteiger partial charge in [0.15, 0.2) is 0 Å². The summed E-state index contributed by atoms with van der Waals surface area (Å²) in [4.78, 5) is 23.1. The number of rotatable bonds is 5. The molecule has 2 aromatic rings. The second-order valence-electron chi connectivity index (χ2n) is 5.67. The number of aryl methyl sites for hydroxylation is 2. The first-order valence-electron chi connectivity index (χ1n) is 7.92. The van der Waals surface area contributed by atoms with Crippen molar-refractivity contribution in [3.63, 3.8) is 0 Å². The summed E-state index contributed by atoms with van der Waals surface area (Å²) >= 11 is 1.65. The zero-order valence-electron chi connectivity index (χ0n) is 12.7. The van der Waals surface area contributed by atoms with Gasteiger partial charge in [0.05, 0.1) is 17.1 Å². The van der Waals surface area contributed by atoms with E-state index in [2.05, 4.69) is 9.97 Å². The largest absolute Gasteiger partial charge is 0.342 e. The van der Waals surface area contributed by atoms with Gasteiger partial charge < -0.3 is 4.90 Å². The smallest absolute Gasteiger partial charge is 0.228 e. The minimum atomic E-state index is 0.223. The third-order valence-electron chi connectivity index (χ3n) is 3.96. The van der Waals surface area contributed by atoms with Gasteiger partial charge >= 0.3 is 0 Å². The fourth-order valence-electron chi connectivity index (χ4n) is 2.74. The van der Waals surface area contributed by atoms with Crippen molar-refractivity contribution < 1.29 is 4.79 Å². The molecule has 3 heterocycles. The van der Waals surface area contributed by atoms with E-state index in [4.69, 9.17) is 0 Å². The molecule has 22 heavy (non-hydrogen) atoms.